The van der Waals surface area contributed by atoms with E-state index in [2.05, 4.69) is 18.3 Å². The molecule has 0 aromatic heterocycles. The molecule has 1 aliphatic heterocycles. The van der Waals surface area contributed by atoms with Gasteiger partial charge in [0.25, 0.3) is 0 Å². The lowest BCUT2D eigenvalue weighted by molar-refractivity contribution is 0.486. The van der Waals surface area contributed by atoms with Crippen LogP contribution >= 0.6 is 23.4 Å². The minimum atomic E-state index is 0.349. The number of hydrogen-bond donors (Lipinski definition) is 1. The van der Waals surface area contributed by atoms with E-state index in [0.29, 0.717) is 12.1 Å². The molecule has 0 bridgehead atoms. The van der Waals surface area contributed by atoms with Crippen LogP contribution in [0, 0.1) is 0 Å². The second kappa shape index (κ2) is 5.24. The lowest BCUT2D eigenvalue weighted by atomic mass is 10.1. The first-order chi connectivity index (χ1) is 7.27. The zero-order valence-electron chi connectivity index (χ0n) is 8.87. The molecule has 1 heterocycles. The number of hydrogen-bond acceptors (Lipinski definition) is 2. The molecule has 1 N–H and O–H groups in total. The summed E-state index contributed by atoms with van der Waals surface area (Å²) in [6.45, 7) is 2.18. The van der Waals surface area contributed by atoms with Crippen LogP contribution in [0.3, 0.4) is 0 Å². The van der Waals surface area contributed by atoms with E-state index in [4.69, 9.17) is 11.6 Å². The van der Waals surface area contributed by atoms with E-state index in [-0.39, 0.29) is 0 Å². The minimum Gasteiger partial charge on any atom is -0.307 e. The van der Waals surface area contributed by atoms with Crippen LogP contribution in [-0.4, -0.2) is 17.5 Å². The first-order valence-corrected chi connectivity index (χ1v) is 6.89. The summed E-state index contributed by atoms with van der Waals surface area (Å²) in [5.41, 5.74) is 1.20. The van der Waals surface area contributed by atoms with Crippen molar-refractivity contribution >= 4 is 23.4 Å². The molecule has 0 saturated carbocycles. The fraction of sp³-hybridized carbons (Fsp3) is 0.500. The van der Waals surface area contributed by atoms with Crippen molar-refractivity contribution in [2.24, 2.45) is 0 Å². The van der Waals surface area contributed by atoms with Gasteiger partial charge in [-0.05, 0) is 30.7 Å². The van der Waals surface area contributed by atoms with Gasteiger partial charge in [0.05, 0.1) is 0 Å². The van der Waals surface area contributed by atoms with E-state index >= 15 is 0 Å². The third-order valence-electron chi connectivity index (χ3n) is 2.79. The summed E-state index contributed by atoms with van der Waals surface area (Å²) in [5.74, 6) is 2.52. The van der Waals surface area contributed by atoms with Crippen LogP contribution in [-0.2, 0) is 0 Å². The smallest absolute Gasteiger partial charge is 0.0453 e. The van der Waals surface area contributed by atoms with Crippen molar-refractivity contribution in [2.45, 2.75) is 25.4 Å². The average Bonchev–Trinajstić information content (AvgIpc) is 2.71. The fourth-order valence-corrected chi connectivity index (χ4v) is 3.40. The molecule has 0 amide bonds. The number of benzene rings is 1. The summed E-state index contributed by atoms with van der Waals surface area (Å²) in [5, 5.41) is 4.49. The quantitative estimate of drug-likeness (QED) is 0.870. The largest absolute Gasteiger partial charge is 0.307 e. The Labute approximate surface area is 101 Å². The first-order valence-electron chi connectivity index (χ1n) is 5.35. The van der Waals surface area contributed by atoms with E-state index < -0.39 is 0 Å². The van der Waals surface area contributed by atoms with Crippen molar-refractivity contribution in [2.75, 3.05) is 11.5 Å². The van der Waals surface area contributed by atoms with Crippen molar-refractivity contribution in [1.82, 2.24) is 5.32 Å². The molecule has 0 aliphatic carbocycles. The third kappa shape index (κ3) is 2.90. The third-order valence-corrected chi connectivity index (χ3v) is 4.29. The van der Waals surface area contributed by atoms with E-state index in [1.807, 2.05) is 30.0 Å². The van der Waals surface area contributed by atoms with Crippen LogP contribution in [0.1, 0.15) is 24.9 Å². The van der Waals surface area contributed by atoms with Gasteiger partial charge in [-0.15, -0.1) is 0 Å². The molecule has 1 aliphatic rings. The van der Waals surface area contributed by atoms with Crippen LogP contribution in [0.5, 0.6) is 0 Å². The maximum absolute atomic E-state index is 6.16. The molecule has 1 saturated heterocycles. The fourth-order valence-electron chi connectivity index (χ4n) is 1.94. The molecular formula is C12H16ClNS. The van der Waals surface area contributed by atoms with Gasteiger partial charge in [0.15, 0.2) is 0 Å². The molecule has 1 nitrogen and oxygen atoms in total. The zero-order chi connectivity index (χ0) is 10.7. The summed E-state index contributed by atoms with van der Waals surface area (Å²) in [7, 11) is 0. The average molecular weight is 242 g/mol. The Kier molecular flexibility index (Phi) is 3.95. The maximum atomic E-state index is 6.16. The van der Waals surface area contributed by atoms with E-state index in [1.165, 1.54) is 23.5 Å². The molecule has 0 spiro atoms. The van der Waals surface area contributed by atoms with Gasteiger partial charge in [0.2, 0.25) is 0 Å². The second-order valence-electron chi connectivity index (χ2n) is 3.97. The Balaban J connectivity index is 2.00. The van der Waals surface area contributed by atoms with Crippen LogP contribution in [0.25, 0.3) is 0 Å². The molecule has 15 heavy (non-hydrogen) atoms. The standard InChI is InChI=1S/C12H16ClNS/c1-9(14-10-6-7-15-8-10)11-4-2-3-5-12(11)13/h2-5,9-10,14H,6-8H2,1H3. The van der Waals surface area contributed by atoms with Crippen molar-refractivity contribution in [3.63, 3.8) is 0 Å². The van der Waals surface area contributed by atoms with Gasteiger partial charge in [-0.2, -0.15) is 11.8 Å². The van der Waals surface area contributed by atoms with E-state index in [9.17, 15) is 0 Å². The Morgan fingerprint density at radius 1 is 1.47 bits per heavy atom. The summed E-state index contributed by atoms with van der Waals surface area (Å²) < 4.78 is 0. The normalized spacial score (nSPS) is 22.9. The van der Waals surface area contributed by atoms with Gasteiger partial charge >= 0.3 is 0 Å². The molecular weight excluding hydrogens is 226 g/mol. The van der Waals surface area contributed by atoms with E-state index in [1.54, 1.807) is 0 Å². The highest BCUT2D eigenvalue weighted by Gasteiger charge is 2.18. The topological polar surface area (TPSA) is 12.0 Å². The first kappa shape index (κ1) is 11.3. The van der Waals surface area contributed by atoms with Gasteiger partial charge < -0.3 is 5.32 Å². The van der Waals surface area contributed by atoms with Gasteiger partial charge in [0, 0.05) is 22.9 Å². The molecule has 1 aromatic carbocycles. The Hall–Kier alpha value is -0.180. The Morgan fingerprint density at radius 2 is 2.27 bits per heavy atom. The minimum absolute atomic E-state index is 0.349. The Bertz CT molecular complexity index is 323. The second-order valence-corrected chi connectivity index (χ2v) is 5.53. The summed E-state index contributed by atoms with van der Waals surface area (Å²) in [6, 6.07) is 9.08. The van der Waals surface area contributed by atoms with E-state index in [0.717, 1.165) is 5.02 Å². The maximum Gasteiger partial charge on any atom is 0.0453 e. The molecule has 82 valence electrons. The van der Waals surface area contributed by atoms with Crippen molar-refractivity contribution in [1.29, 1.82) is 0 Å². The van der Waals surface area contributed by atoms with Gasteiger partial charge in [0.1, 0.15) is 0 Å². The monoisotopic (exact) mass is 241 g/mol. The van der Waals surface area contributed by atoms with Crippen LogP contribution in [0.15, 0.2) is 24.3 Å². The highest BCUT2D eigenvalue weighted by molar-refractivity contribution is 7.99. The van der Waals surface area contributed by atoms with Crippen molar-refractivity contribution in [3.8, 4) is 0 Å². The SMILES string of the molecule is CC(NC1CCSC1)c1ccccc1Cl. The summed E-state index contributed by atoms with van der Waals surface area (Å²) >= 11 is 8.19. The Morgan fingerprint density at radius 3 is 2.93 bits per heavy atom. The predicted molar refractivity (Wildman–Crippen MR) is 68.7 cm³/mol. The number of rotatable bonds is 3. The van der Waals surface area contributed by atoms with Crippen LogP contribution in [0.2, 0.25) is 5.02 Å². The zero-order valence-corrected chi connectivity index (χ0v) is 10.4. The lowest BCUT2D eigenvalue weighted by Crippen LogP contribution is -2.31. The lowest BCUT2D eigenvalue weighted by Gasteiger charge is -2.19. The van der Waals surface area contributed by atoms with Crippen LogP contribution in [0.4, 0.5) is 0 Å². The predicted octanol–water partition coefficient (Wildman–Crippen LogP) is 3.50. The number of halogens is 1. The molecule has 2 atom stereocenters. The molecule has 3 heteroatoms. The van der Waals surface area contributed by atoms with Gasteiger partial charge in [-0.25, -0.2) is 0 Å². The highest BCUT2D eigenvalue weighted by Crippen LogP contribution is 2.25. The van der Waals surface area contributed by atoms with Crippen molar-refractivity contribution < 1.29 is 0 Å². The van der Waals surface area contributed by atoms with Gasteiger partial charge in [-0.3, -0.25) is 0 Å². The molecule has 2 rings (SSSR count). The molecule has 1 aromatic rings. The molecule has 0 radical (unpaired) electrons. The van der Waals surface area contributed by atoms with Gasteiger partial charge in [-0.1, -0.05) is 29.8 Å². The molecule has 1 fully saturated rings. The van der Waals surface area contributed by atoms with Crippen LogP contribution < -0.4 is 5.32 Å². The summed E-state index contributed by atoms with van der Waals surface area (Å²) in [6.07, 6.45) is 1.28. The number of nitrogens with one attached hydrogen (secondary N) is 1. The summed E-state index contributed by atoms with van der Waals surface area (Å²) in [4.78, 5) is 0. The van der Waals surface area contributed by atoms with Crippen molar-refractivity contribution in [3.05, 3.63) is 34.9 Å². The number of thioether (sulfide) groups is 1. The molecule has 2 unspecified atom stereocenters. The highest BCUT2D eigenvalue weighted by atomic mass is 35.5.